The second kappa shape index (κ2) is 3.87. The molecule has 1 N–H and O–H groups in total. The molecule has 0 aromatic carbocycles. The Hall–Kier alpha value is -0.0600. The molecule has 0 unspecified atom stereocenters. The van der Waals surface area contributed by atoms with Crippen LogP contribution in [0.5, 0.6) is 0 Å². The van der Waals surface area contributed by atoms with E-state index in [2.05, 4.69) is 0 Å². The molecule has 0 aromatic rings. The monoisotopic (exact) mass is 172 g/mol. The van der Waals surface area contributed by atoms with Crippen molar-refractivity contribution in [1.29, 1.82) is 0 Å². The van der Waals surface area contributed by atoms with Gasteiger partial charge in [0.2, 0.25) is 0 Å². The zero-order chi connectivity index (χ0) is 6.78. The molecule has 56 valence electrons. The van der Waals surface area contributed by atoms with Gasteiger partial charge in [-0.15, -0.1) is 12.4 Å². The first kappa shape index (κ1) is 11.7. The lowest BCUT2D eigenvalue weighted by Gasteiger charge is -1.89. The molecule has 0 fully saturated rings. The predicted molar refractivity (Wildman–Crippen MR) is 38.2 cm³/mol. The number of allylic oxidation sites excluding steroid dienone is 2. The Morgan fingerprint density at radius 3 is 1.89 bits per heavy atom. The summed E-state index contributed by atoms with van der Waals surface area (Å²) in [6.07, 6.45) is 1.33. The molecule has 0 amide bonds. The van der Waals surface area contributed by atoms with Crippen LogP contribution in [-0.4, -0.2) is 13.0 Å². The highest BCUT2D eigenvalue weighted by Crippen LogP contribution is 1.99. The third kappa shape index (κ3) is 4.44. The van der Waals surface area contributed by atoms with Gasteiger partial charge in [-0.05, 0) is 13.8 Å². The number of hydrogen-bond acceptors (Lipinski definition) is 2. The standard InChI is InChI=1S/C4H8O3S.ClH/c1-3-4(2)8(5,6)7;/h3H,1-2H3,(H,5,6,7);1H. The summed E-state index contributed by atoms with van der Waals surface area (Å²) >= 11 is 0. The van der Waals surface area contributed by atoms with E-state index in [0.29, 0.717) is 0 Å². The molecule has 0 aliphatic rings. The Balaban J connectivity index is 0. The lowest BCUT2D eigenvalue weighted by Crippen LogP contribution is -1.96. The lowest BCUT2D eigenvalue weighted by atomic mass is 10.6. The lowest BCUT2D eigenvalue weighted by molar-refractivity contribution is 0.491. The van der Waals surface area contributed by atoms with E-state index in [9.17, 15) is 8.42 Å². The first-order valence-corrected chi connectivity index (χ1v) is 3.53. The molecule has 0 rings (SSSR count). The minimum Gasteiger partial charge on any atom is -0.282 e. The maximum absolute atomic E-state index is 10.0. The van der Waals surface area contributed by atoms with Crippen molar-refractivity contribution < 1.29 is 13.0 Å². The molecular formula is C4H9ClO3S. The summed E-state index contributed by atoms with van der Waals surface area (Å²) in [4.78, 5) is -0.0162. The van der Waals surface area contributed by atoms with E-state index in [1.165, 1.54) is 13.0 Å². The Kier molecular flexibility index (Phi) is 5.03. The molecule has 0 atom stereocenters. The molecule has 0 aliphatic heterocycles. The van der Waals surface area contributed by atoms with E-state index < -0.39 is 10.1 Å². The molecule has 0 bridgehead atoms. The van der Waals surface area contributed by atoms with Crippen molar-refractivity contribution in [1.82, 2.24) is 0 Å². The van der Waals surface area contributed by atoms with E-state index in [-0.39, 0.29) is 17.3 Å². The van der Waals surface area contributed by atoms with Crippen molar-refractivity contribution in [3.05, 3.63) is 11.0 Å². The second-order valence-electron chi connectivity index (χ2n) is 1.37. The van der Waals surface area contributed by atoms with E-state index in [1.54, 1.807) is 6.92 Å². The largest absolute Gasteiger partial charge is 0.290 e. The third-order valence-corrected chi connectivity index (χ3v) is 1.86. The molecule has 9 heavy (non-hydrogen) atoms. The quantitative estimate of drug-likeness (QED) is 0.606. The summed E-state index contributed by atoms with van der Waals surface area (Å²) < 4.78 is 28.3. The van der Waals surface area contributed by atoms with Crippen LogP contribution in [0.4, 0.5) is 0 Å². The normalized spacial score (nSPS) is 12.6. The van der Waals surface area contributed by atoms with Crippen molar-refractivity contribution in [2.45, 2.75) is 13.8 Å². The average Bonchev–Trinajstić information content (AvgIpc) is 1.62. The summed E-state index contributed by atoms with van der Waals surface area (Å²) in [6, 6.07) is 0. The highest BCUT2D eigenvalue weighted by Gasteiger charge is 2.03. The van der Waals surface area contributed by atoms with Crippen molar-refractivity contribution in [3.63, 3.8) is 0 Å². The summed E-state index contributed by atoms with van der Waals surface area (Å²) in [7, 11) is -3.89. The van der Waals surface area contributed by atoms with Gasteiger partial charge in [0, 0.05) is 0 Å². The minimum atomic E-state index is -3.89. The zero-order valence-corrected chi connectivity index (χ0v) is 6.79. The van der Waals surface area contributed by atoms with Gasteiger partial charge in [-0.1, -0.05) is 6.08 Å². The van der Waals surface area contributed by atoms with Crippen molar-refractivity contribution in [2.24, 2.45) is 0 Å². The van der Waals surface area contributed by atoms with Crippen LogP contribution < -0.4 is 0 Å². The van der Waals surface area contributed by atoms with Gasteiger partial charge < -0.3 is 0 Å². The van der Waals surface area contributed by atoms with Crippen LogP contribution in [0.15, 0.2) is 11.0 Å². The smallest absolute Gasteiger partial charge is 0.282 e. The van der Waals surface area contributed by atoms with Crippen molar-refractivity contribution >= 4 is 22.5 Å². The minimum absolute atomic E-state index is 0. The molecule has 0 saturated heterocycles. The number of hydrogen-bond donors (Lipinski definition) is 1. The van der Waals surface area contributed by atoms with Crippen LogP contribution in [0, 0.1) is 0 Å². The van der Waals surface area contributed by atoms with Crippen molar-refractivity contribution in [2.75, 3.05) is 0 Å². The molecule has 0 spiro atoms. The van der Waals surface area contributed by atoms with E-state index in [4.69, 9.17) is 4.55 Å². The molecular weight excluding hydrogens is 164 g/mol. The second-order valence-corrected chi connectivity index (χ2v) is 2.97. The van der Waals surface area contributed by atoms with Crippen LogP contribution in [0.2, 0.25) is 0 Å². The van der Waals surface area contributed by atoms with E-state index >= 15 is 0 Å². The molecule has 0 aromatic heterocycles. The SMILES string of the molecule is CC=C(C)S(=O)(=O)O.Cl. The first-order valence-electron chi connectivity index (χ1n) is 2.09. The van der Waals surface area contributed by atoms with Gasteiger partial charge in [0.15, 0.2) is 0 Å². The van der Waals surface area contributed by atoms with Crippen LogP contribution in [0.1, 0.15) is 13.8 Å². The summed E-state index contributed by atoms with van der Waals surface area (Å²) in [5.74, 6) is 0. The summed E-state index contributed by atoms with van der Waals surface area (Å²) in [5.41, 5.74) is 0. The van der Waals surface area contributed by atoms with E-state index in [1.807, 2.05) is 0 Å². The first-order chi connectivity index (χ1) is 3.48. The van der Waals surface area contributed by atoms with E-state index in [0.717, 1.165) is 0 Å². The predicted octanol–water partition coefficient (Wildman–Crippen LogP) is 1.22. The zero-order valence-electron chi connectivity index (χ0n) is 5.16. The number of halogens is 1. The fraction of sp³-hybridized carbons (Fsp3) is 0.500. The fourth-order valence-corrected chi connectivity index (χ4v) is 0.447. The Bertz CT molecular complexity index is 192. The van der Waals surface area contributed by atoms with Crippen molar-refractivity contribution in [3.8, 4) is 0 Å². The van der Waals surface area contributed by atoms with Gasteiger partial charge in [0.25, 0.3) is 10.1 Å². The van der Waals surface area contributed by atoms with Crippen LogP contribution in [-0.2, 0) is 10.1 Å². The van der Waals surface area contributed by atoms with Gasteiger partial charge >= 0.3 is 0 Å². The highest BCUT2D eigenvalue weighted by atomic mass is 35.5. The van der Waals surface area contributed by atoms with Gasteiger partial charge in [-0.3, -0.25) is 4.55 Å². The molecule has 0 heterocycles. The number of rotatable bonds is 1. The summed E-state index contributed by atoms with van der Waals surface area (Å²) in [6.45, 7) is 2.87. The molecule has 0 saturated carbocycles. The molecule has 0 radical (unpaired) electrons. The average molecular weight is 173 g/mol. The molecule has 5 heteroatoms. The van der Waals surface area contributed by atoms with Gasteiger partial charge in [0.05, 0.1) is 4.91 Å². The molecule has 0 aliphatic carbocycles. The van der Waals surface area contributed by atoms with Crippen LogP contribution >= 0.6 is 12.4 Å². The third-order valence-electron chi connectivity index (χ3n) is 0.813. The van der Waals surface area contributed by atoms with Crippen LogP contribution in [0.3, 0.4) is 0 Å². The molecule has 3 nitrogen and oxygen atoms in total. The Labute approximate surface area is 60.9 Å². The van der Waals surface area contributed by atoms with Gasteiger partial charge in [0.1, 0.15) is 0 Å². The highest BCUT2D eigenvalue weighted by molar-refractivity contribution is 7.89. The van der Waals surface area contributed by atoms with Gasteiger partial charge in [-0.25, -0.2) is 0 Å². The van der Waals surface area contributed by atoms with Gasteiger partial charge in [-0.2, -0.15) is 8.42 Å². The Morgan fingerprint density at radius 1 is 1.56 bits per heavy atom. The maximum atomic E-state index is 10.0. The Morgan fingerprint density at radius 2 is 1.89 bits per heavy atom. The maximum Gasteiger partial charge on any atom is 0.290 e. The topological polar surface area (TPSA) is 54.4 Å². The summed E-state index contributed by atoms with van der Waals surface area (Å²) in [5, 5.41) is 0. The fourth-order valence-electron chi connectivity index (χ4n) is 0.149. The van der Waals surface area contributed by atoms with Crippen LogP contribution in [0.25, 0.3) is 0 Å².